The molecule has 2 aliphatic heterocycles. The Kier molecular flexibility index (Phi) is 7.26. The van der Waals surface area contributed by atoms with Crippen molar-refractivity contribution in [3.8, 4) is 0 Å². The maximum Gasteiger partial charge on any atom is 0.407 e. The summed E-state index contributed by atoms with van der Waals surface area (Å²) < 4.78 is 6.53. The topological polar surface area (TPSA) is 44.8 Å². The quantitative estimate of drug-likeness (QED) is 0.704. The molecule has 6 heteroatoms. The number of alkyl carbamates (subject to hydrolysis) is 1. The number of ether oxygens (including phenoxy) is 1. The Balaban J connectivity index is 1.54. The molecule has 3 rings (SSSR count). The maximum absolute atomic E-state index is 12.0. The van der Waals surface area contributed by atoms with Crippen LogP contribution in [-0.4, -0.2) is 48.8 Å². The molecule has 1 amide bonds. The van der Waals surface area contributed by atoms with Gasteiger partial charge in [0.25, 0.3) is 0 Å². The maximum atomic E-state index is 12.0. The van der Waals surface area contributed by atoms with Crippen molar-refractivity contribution in [2.24, 2.45) is 0 Å². The lowest BCUT2D eigenvalue weighted by Crippen LogP contribution is -2.46. The first-order valence-corrected chi connectivity index (χ1v) is 11.3. The van der Waals surface area contributed by atoms with E-state index in [-0.39, 0.29) is 12.1 Å². The largest absolute Gasteiger partial charge is 0.444 e. The number of amides is 1. The van der Waals surface area contributed by atoms with Crippen molar-refractivity contribution in [3.05, 3.63) is 28.2 Å². The van der Waals surface area contributed by atoms with Gasteiger partial charge in [-0.25, -0.2) is 4.79 Å². The molecular formula is C22H34BrN3O2. The van der Waals surface area contributed by atoms with Crippen LogP contribution in [0.5, 0.6) is 0 Å². The van der Waals surface area contributed by atoms with Crippen LogP contribution in [0.4, 0.5) is 10.5 Å². The van der Waals surface area contributed by atoms with Crippen molar-refractivity contribution in [2.75, 3.05) is 31.1 Å². The third-order valence-electron chi connectivity index (χ3n) is 5.45. The average Bonchev–Trinajstić information content (AvgIpc) is 2.64. The molecule has 156 valence electrons. The van der Waals surface area contributed by atoms with E-state index in [4.69, 9.17) is 4.74 Å². The van der Waals surface area contributed by atoms with E-state index in [1.54, 1.807) is 0 Å². The number of nitrogens with one attached hydrogen (secondary N) is 1. The van der Waals surface area contributed by atoms with Gasteiger partial charge in [-0.3, -0.25) is 4.90 Å². The van der Waals surface area contributed by atoms with E-state index in [1.165, 1.54) is 30.5 Å². The lowest BCUT2D eigenvalue weighted by molar-refractivity contribution is 0.0477. The highest BCUT2D eigenvalue weighted by Gasteiger charge is 2.24. The number of likely N-dealkylation sites (tertiary alicyclic amines) is 1. The van der Waals surface area contributed by atoms with Gasteiger partial charge in [-0.15, -0.1) is 0 Å². The zero-order valence-electron chi connectivity index (χ0n) is 17.5. The zero-order valence-corrected chi connectivity index (χ0v) is 19.1. The van der Waals surface area contributed by atoms with E-state index in [2.05, 4.69) is 49.2 Å². The number of carbonyl (C=O) groups excluding carboxylic acids is 1. The van der Waals surface area contributed by atoms with Gasteiger partial charge in [-0.05, 0) is 70.6 Å². The van der Waals surface area contributed by atoms with E-state index in [0.29, 0.717) is 0 Å². The first-order chi connectivity index (χ1) is 13.3. The molecule has 0 aliphatic carbocycles. The van der Waals surface area contributed by atoms with Gasteiger partial charge in [0.2, 0.25) is 0 Å². The standard InChI is InChI=1S/C22H34BrN3O2/c1-22(2,3)28-21(27)24-19-9-13-25(14-10-19)16-17-7-8-18(23)15-20(17)26-11-5-4-6-12-26/h7-8,15,19H,4-6,9-14,16H2,1-3H3,(H,24,27). The Morgan fingerprint density at radius 2 is 1.82 bits per heavy atom. The predicted octanol–water partition coefficient (Wildman–Crippen LogP) is 4.93. The molecule has 2 saturated heterocycles. The molecule has 0 aromatic heterocycles. The summed E-state index contributed by atoms with van der Waals surface area (Å²) in [4.78, 5) is 17.0. The fourth-order valence-corrected chi connectivity index (χ4v) is 4.40. The molecule has 0 spiro atoms. The minimum atomic E-state index is -0.447. The molecule has 1 aromatic carbocycles. The van der Waals surface area contributed by atoms with E-state index < -0.39 is 5.60 Å². The van der Waals surface area contributed by atoms with Crippen LogP contribution in [-0.2, 0) is 11.3 Å². The highest BCUT2D eigenvalue weighted by Crippen LogP contribution is 2.29. The number of halogens is 1. The molecule has 2 heterocycles. The summed E-state index contributed by atoms with van der Waals surface area (Å²) in [5, 5.41) is 3.03. The summed E-state index contributed by atoms with van der Waals surface area (Å²) in [5.74, 6) is 0. The summed E-state index contributed by atoms with van der Waals surface area (Å²) in [6, 6.07) is 6.90. The van der Waals surface area contributed by atoms with Crippen LogP contribution in [0.3, 0.4) is 0 Å². The van der Waals surface area contributed by atoms with Crippen molar-refractivity contribution in [2.45, 2.75) is 71.1 Å². The lowest BCUT2D eigenvalue weighted by Gasteiger charge is -2.35. The molecule has 2 aliphatic rings. The predicted molar refractivity (Wildman–Crippen MR) is 118 cm³/mol. The van der Waals surface area contributed by atoms with Crippen molar-refractivity contribution < 1.29 is 9.53 Å². The second kappa shape index (κ2) is 9.49. The first-order valence-electron chi connectivity index (χ1n) is 10.6. The van der Waals surface area contributed by atoms with Crippen LogP contribution in [0.25, 0.3) is 0 Å². The number of benzene rings is 1. The normalized spacial score (nSPS) is 19.5. The van der Waals surface area contributed by atoms with Gasteiger partial charge in [0.1, 0.15) is 5.60 Å². The van der Waals surface area contributed by atoms with E-state index >= 15 is 0 Å². The molecule has 0 radical (unpaired) electrons. The smallest absolute Gasteiger partial charge is 0.407 e. The zero-order chi connectivity index (χ0) is 20.1. The second-order valence-corrected chi connectivity index (χ2v) is 9.93. The van der Waals surface area contributed by atoms with Crippen LogP contribution in [0, 0.1) is 0 Å². The van der Waals surface area contributed by atoms with E-state index in [9.17, 15) is 4.79 Å². The number of nitrogens with zero attached hydrogens (tertiary/aromatic N) is 2. The molecule has 0 bridgehead atoms. The van der Waals surface area contributed by atoms with Gasteiger partial charge in [-0.1, -0.05) is 22.0 Å². The summed E-state index contributed by atoms with van der Waals surface area (Å²) in [6.07, 6.45) is 5.55. The van der Waals surface area contributed by atoms with Crippen LogP contribution in [0.2, 0.25) is 0 Å². The van der Waals surface area contributed by atoms with Gasteiger partial charge < -0.3 is 15.0 Å². The van der Waals surface area contributed by atoms with Gasteiger partial charge >= 0.3 is 6.09 Å². The van der Waals surface area contributed by atoms with Crippen LogP contribution >= 0.6 is 15.9 Å². The highest BCUT2D eigenvalue weighted by molar-refractivity contribution is 9.10. The first kappa shape index (κ1) is 21.4. The fraction of sp³-hybridized carbons (Fsp3) is 0.682. The molecule has 0 atom stereocenters. The molecule has 0 saturated carbocycles. The fourth-order valence-electron chi connectivity index (χ4n) is 4.05. The van der Waals surface area contributed by atoms with Gasteiger partial charge in [-0.2, -0.15) is 0 Å². The number of hydrogen-bond donors (Lipinski definition) is 1. The number of carbonyl (C=O) groups is 1. The highest BCUT2D eigenvalue weighted by atomic mass is 79.9. The van der Waals surface area contributed by atoms with Crippen molar-refractivity contribution in [3.63, 3.8) is 0 Å². The summed E-state index contributed by atoms with van der Waals surface area (Å²) in [7, 11) is 0. The Morgan fingerprint density at radius 3 is 2.46 bits per heavy atom. The third-order valence-corrected chi connectivity index (χ3v) is 5.94. The molecule has 1 aromatic rings. The SMILES string of the molecule is CC(C)(C)OC(=O)NC1CCN(Cc2ccc(Br)cc2N2CCCCC2)CC1. The Morgan fingerprint density at radius 1 is 1.14 bits per heavy atom. The van der Waals surface area contributed by atoms with E-state index in [1.807, 2.05) is 20.8 Å². The van der Waals surface area contributed by atoms with Crippen molar-refractivity contribution in [1.82, 2.24) is 10.2 Å². The minimum absolute atomic E-state index is 0.206. The van der Waals surface area contributed by atoms with Gasteiger partial charge in [0.05, 0.1) is 0 Å². The van der Waals surface area contributed by atoms with Gasteiger partial charge in [0.15, 0.2) is 0 Å². The molecule has 5 nitrogen and oxygen atoms in total. The number of hydrogen-bond acceptors (Lipinski definition) is 4. The van der Waals surface area contributed by atoms with Crippen LogP contribution in [0.15, 0.2) is 22.7 Å². The summed E-state index contributed by atoms with van der Waals surface area (Å²) in [5.41, 5.74) is 2.34. The molecule has 2 fully saturated rings. The number of anilines is 1. The van der Waals surface area contributed by atoms with Gasteiger partial charge in [0, 0.05) is 48.9 Å². The van der Waals surface area contributed by atoms with Crippen LogP contribution in [0.1, 0.15) is 58.4 Å². The number of rotatable bonds is 4. The third kappa shape index (κ3) is 6.38. The lowest BCUT2D eigenvalue weighted by atomic mass is 10.0. The number of piperidine rings is 2. The monoisotopic (exact) mass is 451 g/mol. The summed E-state index contributed by atoms with van der Waals surface area (Å²) in [6.45, 7) is 11.0. The Bertz CT molecular complexity index is 660. The molecule has 0 unspecified atom stereocenters. The molecule has 1 N–H and O–H groups in total. The van der Waals surface area contributed by atoms with Crippen molar-refractivity contribution in [1.29, 1.82) is 0 Å². The van der Waals surface area contributed by atoms with Crippen LogP contribution < -0.4 is 10.2 Å². The second-order valence-electron chi connectivity index (χ2n) is 9.02. The Hall–Kier alpha value is -1.27. The van der Waals surface area contributed by atoms with E-state index in [0.717, 1.165) is 50.0 Å². The average molecular weight is 452 g/mol. The summed E-state index contributed by atoms with van der Waals surface area (Å²) >= 11 is 3.65. The van der Waals surface area contributed by atoms with Crippen molar-refractivity contribution >= 4 is 27.7 Å². The Labute approximate surface area is 177 Å². The molecular weight excluding hydrogens is 418 g/mol. The molecule has 28 heavy (non-hydrogen) atoms. The minimum Gasteiger partial charge on any atom is -0.444 e.